The molecule has 0 amide bonds. The second kappa shape index (κ2) is 3.52. The molecule has 2 aromatic rings. The Morgan fingerprint density at radius 1 is 1.67 bits per heavy atom. The molecule has 0 spiro atoms. The molecule has 0 aliphatic heterocycles. The van der Waals surface area contributed by atoms with Crippen LogP contribution < -0.4 is 0 Å². The van der Waals surface area contributed by atoms with Crippen LogP contribution in [0.4, 0.5) is 0 Å². The number of aryl methyl sites for hydroxylation is 1. The van der Waals surface area contributed by atoms with Gasteiger partial charge in [-0.05, 0) is 6.92 Å². The highest BCUT2D eigenvalue weighted by Gasteiger charge is 2.13. The van der Waals surface area contributed by atoms with Gasteiger partial charge in [0, 0.05) is 5.69 Å². The van der Waals surface area contributed by atoms with Crippen molar-refractivity contribution in [3.05, 3.63) is 17.8 Å². The Hall–Kier alpha value is -2.18. The Kier molecular flexibility index (Phi) is 2.20. The van der Waals surface area contributed by atoms with Gasteiger partial charge in [0.15, 0.2) is 0 Å². The number of hydrogen-bond acceptors (Lipinski definition) is 5. The van der Waals surface area contributed by atoms with E-state index < -0.39 is 5.97 Å². The van der Waals surface area contributed by atoms with Gasteiger partial charge in [-0.1, -0.05) is 5.16 Å². The molecular formula is C8H8N4O3. The average molecular weight is 208 g/mol. The van der Waals surface area contributed by atoms with Gasteiger partial charge in [0.05, 0.1) is 11.8 Å². The van der Waals surface area contributed by atoms with Crippen LogP contribution in [0.15, 0.2) is 10.7 Å². The quantitative estimate of drug-likeness (QED) is 0.756. The summed E-state index contributed by atoms with van der Waals surface area (Å²) in [5.41, 5.74) is 1.51. The van der Waals surface area contributed by atoms with Crippen molar-refractivity contribution >= 4 is 5.97 Å². The molecule has 78 valence electrons. The number of hydrogen-bond donors (Lipinski definition) is 2. The lowest BCUT2D eigenvalue weighted by molar-refractivity contribution is -0.136. The number of aromatic nitrogens is 4. The van der Waals surface area contributed by atoms with Gasteiger partial charge in [0.1, 0.15) is 6.42 Å². The first-order chi connectivity index (χ1) is 7.16. The highest BCUT2D eigenvalue weighted by atomic mass is 16.5. The van der Waals surface area contributed by atoms with Crippen molar-refractivity contribution in [2.45, 2.75) is 13.3 Å². The van der Waals surface area contributed by atoms with E-state index in [0.717, 1.165) is 5.69 Å². The number of carboxylic acid groups (broad SMARTS) is 1. The summed E-state index contributed by atoms with van der Waals surface area (Å²) in [4.78, 5) is 14.3. The molecule has 0 atom stereocenters. The van der Waals surface area contributed by atoms with Gasteiger partial charge in [0.25, 0.3) is 0 Å². The predicted molar refractivity (Wildman–Crippen MR) is 48.0 cm³/mol. The van der Waals surface area contributed by atoms with Crippen LogP contribution in [0.5, 0.6) is 0 Å². The molecule has 0 saturated carbocycles. The Bertz CT molecular complexity index is 488. The number of H-pyrrole nitrogens is 1. The molecule has 0 radical (unpaired) electrons. The van der Waals surface area contributed by atoms with E-state index in [4.69, 9.17) is 9.63 Å². The Morgan fingerprint density at radius 3 is 3.07 bits per heavy atom. The molecule has 2 heterocycles. The van der Waals surface area contributed by atoms with E-state index >= 15 is 0 Å². The minimum atomic E-state index is -1.01. The van der Waals surface area contributed by atoms with E-state index in [9.17, 15) is 4.79 Å². The fourth-order valence-electron chi connectivity index (χ4n) is 1.14. The van der Waals surface area contributed by atoms with E-state index in [1.807, 2.05) is 6.92 Å². The summed E-state index contributed by atoms with van der Waals surface area (Å²) in [5.74, 6) is -0.579. The fourth-order valence-corrected chi connectivity index (χ4v) is 1.14. The number of nitrogens with zero attached hydrogens (tertiary/aromatic N) is 3. The topological polar surface area (TPSA) is 105 Å². The van der Waals surface area contributed by atoms with E-state index in [1.54, 1.807) is 6.20 Å². The monoisotopic (exact) mass is 208 g/mol. The highest BCUT2D eigenvalue weighted by molar-refractivity contribution is 5.69. The zero-order valence-corrected chi connectivity index (χ0v) is 7.89. The van der Waals surface area contributed by atoms with Crippen LogP contribution in [0.1, 0.15) is 11.6 Å². The molecule has 0 aliphatic carbocycles. The maximum atomic E-state index is 10.4. The molecule has 0 bridgehead atoms. The Labute approximate surface area is 84.1 Å². The third kappa shape index (κ3) is 1.85. The second-order valence-corrected chi connectivity index (χ2v) is 2.99. The Balaban J connectivity index is 2.28. The molecule has 7 nitrogen and oxygen atoms in total. The molecule has 15 heavy (non-hydrogen) atoms. The molecule has 2 rings (SSSR count). The minimum absolute atomic E-state index is 0.0816. The molecule has 2 N–H and O–H groups in total. The lowest BCUT2D eigenvalue weighted by Gasteiger charge is -1.87. The van der Waals surface area contributed by atoms with Gasteiger partial charge in [0.2, 0.25) is 11.7 Å². The zero-order chi connectivity index (χ0) is 10.8. The van der Waals surface area contributed by atoms with E-state index in [2.05, 4.69) is 20.3 Å². The van der Waals surface area contributed by atoms with Crippen LogP contribution in [0, 0.1) is 6.92 Å². The summed E-state index contributed by atoms with van der Waals surface area (Å²) in [6, 6.07) is 0. The number of aromatic amines is 1. The number of carbonyl (C=O) groups is 1. The summed E-state index contributed by atoms with van der Waals surface area (Å²) in [6.45, 7) is 1.82. The summed E-state index contributed by atoms with van der Waals surface area (Å²) in [7, 11) is 0. The first-order valence-corrected chi connectivity index (χ1v) is 4.21. The van der Waals surface area contributed by atoms with Crippen LogP contribution in [-0.4, -0.2) is 31.4 Å². The number of carboxylic acids is 1. The third-order valence-corrected chi connectivity index (χ3v) is 1.84. The smallest absolute Gasteiger partial charge is 0.312 e. The van der Waals surface area contributed by atoms with Crippen molar-refractivity contribution in [3.8, 4) is 11.4 Å². The molecule has 0 unspecified atom stereocenters. The van der Waals surface area contributed by atoms with Crippen LogP contribution in [0.3, 0.4) is 0 Å². The van der Waals surface area contributed by atoms with Gasteiger partial charge < -0.3 is 9.63 Å². The fraction of sp³-hybridized carbons (Fsp3) is 0.250. The number of nitrogens with one attached hydrogen (secondary N) is 1. The summed E-state index contributed by atoms with van der Waals surface area (Å²) in [6.07, 6.45) is 1.29. The van der Waals surface area contributed by atoms with Gasteiger partial charge in [-0.2, -0.15) is 10.1 Å². The largest absolute Gasteiger partial charge is 0.481 e. The van der Waals surface area contributed by atoms with Crippen LogP contribution in [0.25, 0.3) is 11.4 Å². The molecule has 0 aliphatic rings. The van der Waals surface area contributed by atoms with Gasteiger partial charge in [-0.15, -0.1) is 0 Å². The second-order valence-electron chi connectivity index (χ2n) is 2.99. The van der Waals surface area contributed by atoms with Gasteiger partial charge >= 0.3 is 5.97 Å². The SMILES string of the molecule is Cc1[nH]ncc1-c1noc(CC(=O)O)n1. The predicted octanol–water partition coefficient (Wildman–Crippen LogP) is 0.395. The highest BCUT2D eigenvalue weighted by Crippen LogP contribution is 2.17. The van der Waals surface area contributed by atoms with Crippen LogP contribution >= 0.6 is 0 Å². The van der Waals surface area contributed by atoms with Crippen molar-refractivity contribution < 1.29 is 14.4 Å². The van der Waals surface area contributed by atoms with E-state index in [1.165, 1.54) is 0 Å². The third-order valence-electron chi connectivity index (χ3n) is 1.84. The molecule has 0 saturated heterocycles. The van der Waals surface area contributed by atoms with E-state index in [0.29, 0.717) is 11.4 Å². The lowest BCUT2D eigenvalue weighted by atomic mass is 10.2. The average Bonchev–Trinajstić information content (AvgIpc) is 2.72. The molecular weight excluding hydrogens is 200 g/mol. The van der Waals surface area contributed by atoms with Gasteiger partial charge in [-0.3, -0.25) is 9.89 Å². The summed E-state index contributed by atoms with van der Waals surface area (Å²) < 4.78 is 4.77. The van der Waals surface area contributed by atoms with Crippen molar-refractivity contribution in [2.24, 2.45) is 0 Å². The number of aliphatic carboxylic acids is 1. The van der Waals surface area contributed by atoms with Crippen LogP contribution in [0.2, 0.25) is 0 Å². The summed E-state index contributed by atoms with van der Waals surface area (Å²) >= 11 is 0. The standard InChI is InChI=1S/C8H8N4O3/c1-4-5(3-9-11-4)8-10-6(15-12-8)2-7(13)14/h3H,2H2,1H3,(H,9,11)(H,13,14). The molecule has 0 fully saturated rings. The van der Waals surface area contributed by atoms with Crippen molar-refractivity contribution in [1.82, 2.24) is 20.3 Å². The van der Waals surface area contributed by atoms with Gasteiger partial charge in [-0.25, -0.2) is 0 Å². The first-order valence-electron chi connectivity index (χ1n) is 4.21. The number of rotatable bonds is 3. The molecule has 7 heteroatoms. The van der Waals surface area contributed by atoms with Crippen molar-refractivity contribution in [1.29, 1.82) is 0 Å². The summed E-state index contributed by atoms with van der Waals surface area (Å²) in [5, 5.41) is 18.7. The molecule has 2 aromatic heterocycles. The van der Waals surface area contributed by atoms with Crippen molar-refractivity contribution in [2.75, 3.05) is 0 Å². The lowest BCUT2D eigenvalue weighted by Crippen LogP contribution is -1.99. The maximum absolute atomic E-state index is 10.4. The minimum Gasteiger partial charge on any atom is -0.481 e. The van der Waals surface area contributed by atoms with Crippen molar-refractivity contribution in [3.63, 3.8) is 0 Å². The zero-order valence-electron chi connectivity index (χ0n) is 7.89. The maximum Gasteiger partial charge on any atom is 0.312 e. The van der Waals surface area contributed by atoms with Crippen LogP contribution in [-0.2, 0) is 11.2 Å². The molecule has 0 aromatic carbocycles. The van der Waals surface area contributed by atoms with E-state index in [-0.39, 0.29) is 12.3 Å². The first kappa shape index (κ1) is 9.38. The Morgan fingerprint density at radius 2 is 2.47 bits per heavy atom. The normalized spacial score (nSPS) is 10.5.